The molecule has 1 heterocycles. The Hall–Kier alpha value is -3.64. The van der Waals surface area contributed by atoms with Crippen molar-refractivity contribution in [3.63, 3.8) is 0 Å². The van der Waals surface area contributed by atoms with Gasteiger partial charge in [0.05, 0.1) is 12.3 Å². The Morgan fingerprint density at radius 3 is 2.18 bits per heavy atom. The molecule has 0 radical (unpaired) electrons. The number of carbonyl (C=O) groups is 1. The number of anilines is 1. The number of hydrogen-bond donors (Lipinski definition) is 1. The van der Waals surface area contributed by atoms with Crippen molar-refractivity contribution in [2.75, 3.05) is 18.5 Å². The number of nitrogens with zero attached hydrogens (tertiary/aromatic N) is 1. The average Bonchev–Trinajstić information content (AvgIpc) is 3.32. The second kappa shape index (κ2) is 10.5. The molecule has 0 aliphatic rings. The minimum atomic E-state index is -0.249. The molecule has 4 rings (SSSR count). The third-order valence-electron chi connectivity index (χ3n) is 5.65. The summed E-state index contributed by atoms with van der Waals surface area (Å²) >= 11 is 1.38. The quantitative estimate of drug-likeness (QED) is 0.300. The van der Waals surface area contributed by atoms with E-state index in [2.05, 4.69) is 48.4 Å². The highest BCUT2D eigenvalue weighted by Crippen LogP contribution is 2.32. The number of carbonyl (C=O) groups excluding carboxylic acids is 1. The molecule has 1 N–H and O–H groups in total. The first-order valence-corrected chi connectivity index (χ1v) is 12.1. The van der Waals surface area contributed by atoms with Crippen LogP contribution in [0.15, 0.2) is 84.2 Å². The van der Waals surface area contributed by atoms with Crippen LogP contribution < -0.4 is 14.8 Å². The first kappa shape index (κ1) is 23.5. The monoisotopic (exact) mass is 472 g/mol. The molecule has 34 heavy (non-hydrogen) atoms. The number of aromatic nitrogens is 1. The molecule has 0 saturated carbocycles. The van der Waals surface area contributed by atoms with Gasteiger partial charge in [0.25, 0.3) is 5.91 Å². The highest BCUT2D eigenvalue weighted by Gasteiger charge is 2.22. The minimum absolute atomic E-state index is 0.0839. The largest absolute Gasteiger partial charge is 0.494 e. The zero-order chi connectivity index (χ0) is 24.0. The molecular weight excluding hydrogens is 444 g/mol. The van der Waals surface area contributed by atoms with Crippen molar-refractivity contribution in [2.45, 2.75) is 26.2 Å². The Balaban J connectivity index is 1.31. The lowest BCUT2D eigenvalue weighted by Crippen LogP contribution is -2.20. The van der Waals surface area contributed by atoms with E-state index in [0.717, 1.165) is 17.0 Å². The van der Waals surface area contributed by atoms with Crippen LogP contribution in [0.4, 0.5) is 5.13 Å². The standard InChI is InChI=1S/C28H28N2O3S/c1-4-32-23-14-10-20(11-15-23)25-19-34-27(29-25)30-26(31)18-33-24-16-12-22(13-17-24)28(2,3)21-8-6-5-7-9-21/h5-17,19H,4,18H2,1-3H3,(H,29,30,31). The van der Waals surface area contributed by atoms with Crippen LogP contribution in [-0.4, -0.2) is 24.1 Å². The van der Waals surface area contributed by atoms with Gasteiger partial charge < -0.3 is 9.47 Å². The summed E-state index contributed by atoms with van der Waals surface area (Å²) in [6, 6.07) is 26.0. The summed E-state index contributed by atoms with van der Waals surface area (Å²) < 4.78 is 11.2. The summed E-state index contributed by atoms with van der Waals surface area (Å²) in [6.45, 7) is 6.89. The zero-order valence-corrected chi connectivity index (χ0v) is 20.4. The van der Waals surface area contributed by atoms with Crippen LogP contribution in [-0.2, 0) is 10.2 Å². The molecule has 174 valence electrons. The van der Waals surface area contributed by atoms with Crippen molar-refractivity contribution in [1.29, 1.82) is 0 Å². The van der Waals surface area contributed by atoms with Crippen LogP contribution in [0.3, 0.4) is 0 Å². The molecule has 0 aliphatic heterocycles. The van der Waals surface area contributed by atoms with Gasteiger partial charge in [-0.3, -0.25) is 10.1 Å². The molecule has 5 nitrogen and oxygen atoms in total. The fraction of sp³-hybridized carbons (Fsp3) is 0.214. The molecule has 0 unspecified atom stereocenters. The van der Waals surface area contributed by atoms with E-state index in [0.29, 0.717) is 17.5 Å². The normalized spacial score (nSPS) is 11.1. The van der Waals surface area contributed by atoms with E-state index >= 15 is 0 Å². The van der Waals surface area contributed by atoms with Gasteiger partial charge in [-0.1, -0.05) is 56.3 Å². The van der Waals surface area contributed by atoms with Crippen LogP contribution in [0.5, 0.6) is 11.5 Å². The molecule has 0 fully saturated rings. The summed E-state index contributed by atoms with van der Waals surface area (Å²) in [6.07, 6.45) is 0. The summed E-state index contributed by atoms with van der Waals surface area (Å²) in [5.74, 6) is 1.22. The predicted octanol–water partition coefficient (Wildman–Crippen LogP) is 6.55. The van der Waals surface area contributed by atoms with Crippen LogP contribution in [0, 0.1) is 0 Å². The van der Waals surface area contributed by atoms with Gasteiger partial charge in [0.15, 0.2) is 11.7 Å². The first-order chi connectivity index (χ1) is 16.5. The van der Waals surface area contributed by atoms with Crippen molar-refractivity contribution >= 4 is 22.4 Å². The third kappa shape index (κ3) is 5.64. The predicted molar refractivity (Wildman–Crippen MR) is 138 cm³/mol. The van der Waals surface area contributed by atoms with Gasteiger partial charge >= 0.3 is 0 Å². The van der Waals surface area contributed by atoms with Gasteiger partial charge in [-0.15, -0.1) is 11.3 Å². The number of rotatable bonds is 9. The van der Waals surface area contributed by atoms with E-state index in [1.807, 2.05) is 66.9 Å². The molecule has 1 amide bonds. The fourth-order valence-corrected chi connectivity index (χ4v) is 4.38. The van der Waals surface area contributed by atoms with Crippen LogP contribution in [0.1, 0.15) is 31.9 Å². The van der Waals surface area contributed by atoms with E-state index in [4.69, 9.17) is 9.47 Å². The van der Waals surface area contributed by atoms with E-state index in [1.54, 1.807) is 0 Å². The second-order valence-electron chi connectivity index (χ2n) is 8.35. The molecule has 0 saturated heterocycles. The van der Waals surface area contributed by atoms with Gasteiger partial charge in [-0.05, 0) is 54.4 Å². The minimum Gasteiger partial charge on any atom is -0.494 e. The molecule has 3 aromatic carbocycles. The number of thiazole rings is 1. The Kier molecular flexibility index (Phi) is 7.28. The van der Waals surface area contributed by atoms with Gasteiger partial charge in [0.1, 0.15) is 11.5 Å². The highest BCUT2D eigenvalue weighted by atomic mass is 32.1. The Labute approximate surface area is 204 Å². The third-order valence-corrected chi connectivity index (χ3v) is 6.41. The second-order valence-corrected chi connectivity index (χ2v) is 9.21. The molecule has 0 aliphatic carbocycles. The molecule has 0 bridgehead atoms. The lowest BCUT2D eigenvalue weighted by atomic mass is 9.78. The Bertz CT molecular complexity index is 1220. The number of ether oxygens (including phenoxy) is 2. The van der Waals surface area contributed by atoms with Crippen LogP contribution in [0.2, 0.25) is 0 Å². The molecular formula is C28H28N2O3S. The Morgan fingerprint density at radius 1 is 0.882 bits per heavy atom. The molecule has 1 aromatic heterocycles. The number of hydrogen-bond acceptors (Lipinski definition) is 5. The first-order valence-electron chi connectivity index (χ1n) is 11.2. The van der Waals surface area contributed by atoms with Gasteiger partial charge in [-0.2, -0.15) is 0 Å². The van der Waals surface area contributed by atoms with E-state index < -0.39 is 0 Å². The molecule has 0 spiro atoms. The smallest absolute Gasteiger partial charge is 0.264 e. The zero-order valence-electron chi connectivity index (χ0n) is 19.6. The van der Waals surface area contributed by atoms with Crippen molar-refractivity contribution in [2.24, 2.45) is 0 Å². The molecule has 4 aromatic rings. The summed E-state index contributed by atoms with van der Waals surface area (Å²) in [7, 11) is 0. The van der Waals surface area contributed by atoms with Crippen molar-refractivity contribution in [1.82, 2.24) is 4.98 Å². The van der Waals surface area contributed by atoms with Crippen LogP contribution in [0.25, 0.3) is 11.3 Å². The number of benzene rings is 3. The van der Waals surface area contributed by atoms with E-state index in [9.17, 15) is 4.79 Å². The van der Waals surface area contributed by atoms with Crippen molar-refractivity contribution < 1.29 is 14.3 Å². The molecule has 6 heteroatoms. The maximum Gasteiger partial charge on any atom is 0.264 e. The van der Waals surface area contributed by atoms with Crippen molar-refractivity contribution in [3.05, 3.63) is 95.4 Å². The van der Waals surface area contributed by atoms with E-state index in [1.165, 1.54) is 22.5 Å². The van der Waals surface area contributed by atoms with Crippen LogP contribution >= 0.6 is 11.3 Å². The van der Waals surface area contributed by atoms with Gasteiger partial charge in [-0.25, -0.2) is 4.98 Å². The number of nitrogens with one attached hydrogen (secondary N) is 1. The number of amides is 1. The van der Waals surface area contributed by atoms with E-state index in [-0.39, 0.29) is 17.9 Å². The lowest BCUT2D eigenvalue weighted by molar-refractivity contribution is -0.118. The summed E-state index contributed by atoms with van der Waals surface area (Å²) in [4.78, 5) is 16.9. The summed E-state index contributed by atoms with van der Waals surface area (Å²) in [5, 5.41) is 5.27. The van der Waals surface area contributed by atoms with Crippen molar-refractivity contribution in [3.8, 4) is 22.8 Å². The van der Waals surface area contributed by atoms with Gasteiger partial charge in [0, 0.05) is 16.4 Å². The topological polar surface area (TPSA) is 60.5 Å². The highest BCUT2D eigenvalue weighted by molar-refractivity contribution is 7.14. The maximum absolute atomic E-state index is 12.4. The summed E-state index contributed by atoms with van der Waals surface area (Å²) in [5.41, 5.74) is 4.08. The Morgan fingerprint density at radius 2 is 1.50 bits per heavy atom. The van der Waals surface area contributed by atoms with Gasteiger partial charge in [0.2, 0.25) is 0 Å². The average molecular weight is 473 g/mol. The SMILES string of the molecule is CCOc1ccc(-c2csc(NC(=O)COc3ccc(C(C)(C)c4ccccc4)cc3)n2)cc1. The maximum atomic E-state index is 12.4. The lowest BCUT2D eigenvalue weighted by Gasteiger charge is -2.26. The molecule has 0 atom stereocenters. The fourth-order valence-electron chi connectivity index (χ4n) is 3.65.